The first kappa shape index (κ1) is 23.1. The number of amidine groups is 1. The second kappa shape index (κ2) is 10.3. The van der Waals surface area contributed by atoms with Gasteiger partial charge in [-0.05, 0) is 65.2 Å². The number of fused-ring (bicyclic) bond motifs is 1. The van der Waals surface area contributed by atoms with Crippen molar-refractivity contribution in [2.45, 2.75) is 18.8 Å². The Morgan fingerprint density at radius 1 is 0.912 bits per heavy atom. The lowest BCUT2D eigenvalue weighted by Gasteiger charge is -2.20. The molecule has 1 unspecified atom stereocenters. The van der Waals surface area contributed by atoms with E-state index in [-0.39, 0.29) is 5.37 Å². The van der Waals surface area contributed by atoms with Crippen LogP contribution in [0.4, 0.5) is 5.69 Å². The summed E-state index contributed by atoms with van der Waals surface area (Å²) < 4.78 is 5.71. The third-order valence-corrected chi connectivity index (χ3v) is 7.36. The summed E-state index contributed by atoms with van der Waals surface area (Å²) in [7, 11) is 0. The number of halogens is 2. The lowest BCUT2D eigenvalue weighted by Crippen LogP contribution is -2.34. The molecule has 4 nitrogen and oxygen atoms in total. The van der Waals surface area contributed by atoms with E-state index in [4.69, 9.17) is 32.9 Å². The fourth-order valence-corrected chi connectivity index (χ4v) is 5.22. The van der Waals surface area contributed by atoms with Gasteiger partial charge in [0, 0.05) is 0 Å². The quantitative estimate of drug-likeness (QED) is 0.287. The fourth-order valence-electron chi connectivity index (χ4n) is 3.85. The van der Waals surface area contributed by atoms with Crippen molar-refractivity contribution in [3.8, 4) is 5.75 Å². The van der Waals surface area contributed by atoms with Crippen LogP contribution in [0.15, 0.2) is 89.9 Å². The minimum atomic E-state index is 0.00221. The molecule has 0 radical (unpaired) electrons. The van der Waals surface area contributed by atoms with Crippen LogP contribution in [0, 0.1) is 0 Å². The zero-order valence-corrected chi connectivity index (χ0v) is 20.9. The molecule has 0 spiro atoms. The minimum absolute atomic E-state index is 0.00221. The molecule has 1 N–H and O–H groups in total. The van der Waals surface area contributed by atoms with Crippen molar-refractivity contribution in [1.29, 1.82) is 0 Å². The summed E-state index contributed by atoms with van der Waals surface area (Å²) in [5.74, 6) is 0.860. The lowest BCUT2D eigenvalue weighted by atomic mass is 10.1. The lowest BCUT2D eigenvalue weighted by molar-refractivity contribution is 0.309. The molecule has 1 aliphatic rings. The van der Waals surface area contributed by atoms with Gasteiger partial charge in [-0.2, -0.15) is 0 Å². The van der Waals surface area contributed by atoms with E-state index in [9.17, 15) is 0 Å². The zero-order valence-electron chi connectivity index (χ0n) is 18.5. The van der Waals surface area contributed by atoms with Crippen LogP contribution in [-0.4, -0.2) is 16.8 Å². The van der Waals surface area contributed by atoms with Crippen LogP contribution < -0.4 is 10.2 Å². The summed E-state index contributed by atoms with van der Waals surface area (Å²) in [6.45, 7) is 3.29. The number of benzene rings is 4. The molecule has 4 aromatic carbocycles. The Labute approximate surface area is 213 Å². The van der Waals surface area contributed by atoms with Gasteiger partial charge in [-0.3, -0.25) is 5.01 Å². The number of rotatable bonds is 6. The molecule has 5 rings (SSSR count). The zero-order chi connectivity index (χ0) is 23.5. The number of ether oxygens (including phenoxy) is 1. The summed E-state index contributed by atoms with van der Waals surface area (Å²) in [6.07, 6.45) is 0. The highest BCUT2D eigenvalue weighted by molar-refractivity contribution is 8.14. The van der Waals surface area contributed by atoms with Gasteiger partial charge in [0.25, 0.3) is 0 Å². The van der Waals surface area contributed by atoms with Gasteiger partial charge < -0.3 is 4.74 Å². The van der Waals surface area contributed by atoms with Gasteiger partial charge in [0.15, 0.2) is 5.17 Å². The van der Waals surface area contributed by atoms with E-state index in [0.29, 0.717) is 23.2 Å². The van der Waals surface area contributed by atoms with Gasteiger partial charge in [0.1, 0.15) is 11.1 Å². The molecule has 1 fully saturated rings. The second-order valence-electron chi connectivity index (χ2n) is 7.89. The first-order valence-electron chi connectivity index (χ1n) is 11.0. The van der Waals surface area contributed by atoms with E-state index in [0.717, 1.165) is 22.2 Å². The molecule has 1 heterocycles. The van der Waals surface area contributed by atoms with Crippen molar-refractivity contribution < 1.29 is 4.74 Å². The molecule has 0 aromatic heterocycles. The number of hydrogen-bond acceptors (Lipinski definition) is 4. The Bertz CT molecular complexity index is 1360. The van der Waals surface area contributed by atoms with E-state index in [1.807, 2.05) is 25.1 Å². The minimum Gasteiger partial charge on any atom is -0.494 e. The van der Waals surface area contributed by atoms with Gasteiger partial charge in [-0.25, -0.2) is 10.4 Å². The summed E-state index contributed by atoms with van der Waals surface area (Å²) in [6, 6.07) is 28.5. The molecular formula is C27H23Cl2N3OS. The van der Waals surface area contributed by atoms with E-state index in [2.05, 4.69) is 65.0 Å². The van der Waals surface area contributed by atoms with Crippen molar-refractivity contribution in [1.82, 2.24) is 10.4 Å². The summed E-state index contributed by atoms with van der Waals surface area (Å²) in [5.41, 5.74) is 6.69. The van der Waals surface area contributed by atoms with Crippen LogP contribution in [0.5, 0.6) is 5.75 Å². The predicted molar refractivity (Wildman–Crippen MR) is 144 cm³/mol. The Morgan fingerprint density at radius 2 is 1.76 bits per heavy atom. The maximum absolute atomic E-state index is 6.24. The first-order valence-corrected chi connectivity index (χ1v) is 12.7. The van der Waals surface area contributed by atoms with Gasteiger partial charge in [0.05, 0.1) is 28.9 Å². The van der Waals surface area contributed by atoms with Crippen LogP contribution in [0.25, 0.3) is 10.8 Å². The maximum Gasteiger partial charge on any atom is 0.181 e. The van der Waals surface area contributed by atoms with Gasteiger partial charge in [0.2, 0.25) is 0 Å². The number of nitrogens with zero attached hydrogens (tertiary/aromatic N) is 2. The Balaban J connectivity index is 1.47. The van der Waals surface area contributed by atoms with Crippen LogP contribution in [-0.2, 0) is 6.54 Å². The molecule has 0 saturated carbocycles. The van der Waals surface area contributed by atoms with Crippen molar-refractivity contribution >= 4 is 56.6 Å². The standard InChI is InChI=1S/C27H23Cl2N3OS/c1-2-33-23-9-5-8-21(15-23)26-31-32(17-18-10-11-19-6-3-4-7-20(19)14-18)27(34-26)30-22-12-13-24(28)25(29)16-22/h3-16,26,31H,2,17H2,1H3. The van der Waals surface area contributed by atoms with Crippen molar-refractivity contribution in [2.24, 2.45) is 4.99 Å². The smallest absolute Gasteiger partial charge is 0.181 e. The normalized spacial score (nSPS) is 17.0. The third-order valence-electron chi connectivity index (χ3n) is 5.48. The number of hydrazine groups is 1. The van der Waals surface area contributed by atoms with Gasteiger partial charge >= 0.3 is 0 Å². The number of hydrogen-bond donors (Lipinski definition) is 1. The highest BCUT2D eigenvalue weighted by atomic mass is 35.5. The Morgan fingerprint density at radius 3 is 2.59 bits per heavy atom. The highest BCUT2D eigenvalue weighted by Gasteiger charge is 2.30. The van der Waals surface area contributed by atoms with E-state index in [1.54, 1.807) is 23.9 Å². The fraction of sp³-hybridized carbons (Fsp3) is 0.148. The van der Waals surface area contributed by atoms with Crippen molar-refractivity contribution in [3.05, 3.63) is 106 Å². The molecule has 0 bridgehead atoms. The van der Waals surface area contributed by atoms with Gasteiger partial charge in [-0.1, -0.05) is 83.5 Å². The average molecular weight is 508 g/mol. The molecule has 34 heavy (non-hydrogen) atoms. The molecule has 0 amide bonds. The summed E-state index contributed by atoms with van der Waals surface area (Å²) >= 11 is 14.0. The monoisotopic (exact) mass is 507 g/mol. The van der Waals surface area contributed by atoms with Crippen LogP contribution >= 0.6 is 35.0 Å². The molecule has 4 aromatic rings. The molecule has 1 atom stereocenters. The van der Waals surface area contributed by atoms with Crippen LogP contribution in [0.1, 0.15) is 23.4 Å². The highest BCUT2D eigenvalue weighted by Crippen LogP contribution is 2.38. The molecule has 172 valence electrons. The summed E-state index contributed by atoms with van der Waals surface area (Å²) in [4.78, 5) is 4.90. The third kappa shape index (κ3) is 5.18. The van der Waals surface area contributed by atoms with Crippen molar-refractivity contribution in [2.75, 3.05) is 6.61 Å². The van der Waals surface area contributed by atoms with Crippen LogP contribution in [0.3, 0.4) is 0 Å². The maximum atomic E-state index is 6.24. The van der Waals surface area contributed by atoms with E-state index < -0.39 is 0 Å². The molecular weight excluding hydrogens is 485 g/mol. The Hall–Kier alpha value is -2.70. The topological polar surface area (TPSA) is 36.9 Å². The largest absolute Gasteiger partial charge is 0.494 e. The second-order valence-corrected chi connectivity index (χ2v) is 9.78. The number of aliphatic imine (C=N–C) groups is 1. The van der Waals surface area contributed by atoms with E-state index >= 15 is 0 Å². The average Bonchev–Trinajstić information content (AvgIpc) is 3.24. The molecule has 1 aliphatic heterocycles. The van der Waals surface area contributed by atoms with Gasteiger partial charge in [-0.15, -0.1) is 0 Å². The SMILES string of the molecule is CCOc1cccc(C2NN(Cc3ccc4ccccc4c3)C(=Nc3ccc(Cl)c(Cl)c3)S2)c1. The van der Waals surface area contributed by atoms with Crippen molar-refractivity contribution in [3.63, 3.8) is 0 Å². The predicted octanol–water partition coefficient (Wildman–Crippen LogP) is 7.99. The number of nitrogens with one attached hydrogen (secondary N) is 1. The summed E-state index contributed by atoms with van der Waals surface area (Å²) in [5, 5.41) is 6.40. The van der Waals surface area contributed by atoms with E-state index in [1.165, 1.54) is 16.3 Å². The molecule has 1 saturated heterocycles. The Kier molecular flexibility index (Phi) is 6.97. The van der Waals surface area contributed by atoms with Crippen LogP contribution in [0.2, 0.25) is 10.0 Å². The number of thioether (sulfide) groups is 1. The molecule has 7 heteroatoms. The molecule has 0 aliphatic carbocycles. The first-order chi connectivity index (χ1) is 16.6.